The lowest BCUT2D eigenvalue weighted by molar-refractivity contribution is 0.176. The van der Waals surface area contributed by atoms with Crippen LogP contribution in [0, 0.1) is 5.92 Å². The van der Waals surface area contributed by atoms with Crippen molar-refractivity contribution in [2.75, 3.05) is 26.0 Å². The predicted octanol–water partition coefficient (Wildman–Crippen LogP) is 3.49. The lowest BCUT2D eigenvalue weighted by Gasteiger charge is -2.24. The van der Waals surface area contributed by atoms with E-state index in [4.69, 9.17) is 4.74 Å². The Hall–Kier alpha value is -0.510. The van der Waals surface area contributed by atoms with Crippen LogP contribution in [0.3, 0.4) is 0 Å². The van der Waals surface area contributed by atoms with Crippen LogP contribution >= 0.6 is 11.8 Å². The van der Waals surface area contributed by atoms with Crippen LogP contribution in [0.25, 0.3) is 0 Å². The molecule has 1 saturated heterocycles. The highest BCUT2D eigenvalue weighted by molar-refractivity contribution is 7.98. The van der Waals surface area contributed by atoms with Crippen molar-refractivity contribution in [3.05, 3.63) is 29.8 Å². The lowest BCUT2D eigenvalue weighted by atomic mass is 9.92. The van der Waals surface area contributed by atoms with Gasteiger partial charge in [-0.05, 0) is 43.3 Å². The molecule has 0 aromatic heterocycles. The molecule has 2 atom stereocenters. The standard InChI is InChI=1S/C15H23NOS/c1-3-9-16-15(13-8-10-17-11-13)12-4-6-14(18-2)7-5-12/h4-7,13,15-16H,3,8-11H2,1-2H3. The van der Waals surface area contributed by atoms with Crippen LogP contribution in [0.1, 0.15) is 31.4 Å². The molecule has 2 nitrogen and oxygen atoms in total. The monoisotopic (exact) mass is 265 g/mol. The molecular weight excluding hydrogens is 242 g/mol. The maximum atomic E-state index is 5.54. The Balaban J connectivity index is 2.10. The van der Waals surface area contributed by atoms with Crippen LogP contribution in [0.5, 0.6) is 0 Å². The number of ether oxygens (including phenoxy) is 1. The normalized spacial score (nSPS) is 21.1. The predicted molar refractivity (Wildman–Crippen MR) is 78.2 cm³/mol. The maximum absolute atomic E-state index is 5.54. The summed E-state index contributed by atoms with van der Waals surface area (Å²) in [4.78, 5) is 1.33. The highest BCUT2D eigenvalue weighted by Gasteiger charge is 2.26. The molecule has 0 aliphatic carbocycles. The van der Waals surface area contributed by atoms with E-state index >= 15 is 0 Å². The molecule has 0 saturated carbocycles. The Labute approximate surface area is 114 Å². The summed E-state index contributed by atoms with van der Waals surface area (Å²) in [6.45, 7) is 5.10. The lowest BCUT2D eigenvalue weighted by Crippen LogP contribution is -2.29. The summed E-state index contributed by atoms with van der Waals surface area (Å²) in [7, 11) is 0. The highest BCUT2D eigenvalue weighted by Crippen LogP contribution is 2.29. The second kappa shape index (κ2) is 7.17. The van der Waals surface area contributed by atoms with E-state index in [1.165, 1.54) is 23.3 Å². The summed E-state index contributed by atoms with van der Waals surface area (Å²) in [5.41, 5.74) is 1.40. The van der Waals surface area contributed by atoms with Crippen molar-refractivity contribution in [1.82, 2.24) is 5.32 Å². The summed E-state index contributed by atoms with van der Waals surface area (Å²) in [5, 5.41) is 3.68. The van der Waals surface area contributed by atoms with Gasteiger partial charge in [-0.3, -0.25) is 0 Å². The minimum Gasteiger partial charge on any atom is -0.381 e. The van der Waals surface area contributed by atoms with Gasteiger partial charge < -0.3 is 10.1 Å². The van der Waals surface area contributed by atoms with Crippen LogP contribution in [0.4, 0.5) is 0 Å². The summed E-state index contributed by atoms with van der Waals surface area (Å²) >= 11 is 1.79. The van der Waals surface area contributed by atoms with Gasteiger partial charge in [0.1, 0.15) is 0 Å². The molecule has 1 aliphatic rings. The van der Waals surface area contributed by atoms with Crippen molar-refractivity contribution < 1.29 is 4.74 Å². The number of rotatable bonds is 6. The molecule has 0 bridgehead atoms. The molecule has 1 heterocycles. The number of hydrogen-bond acceptors (Lipinski definition) is 3. The van der Waals surface area contributed by atoms with Gasteiger partial charge in [0, 0.05) is 23.5 Å². The molecular formula is C15H23NOS. The van der Waals surface area contributed by atoms with E-state index in [2.05, 4.69) is 42.8 Å². The Kier molecular flexibility index (Phi) is 5.54. The third kappa shape index (κ3) is 3.50. The molecule has 2 rings (SSSR count). The first-order valence-electron chi connectivity index (χ1n) is 6.80. The van der Waals surface area contributed by atoms with Crippen molar-refractivity contribution in [2.24, 2.45) is 5.92 Å². The molecule has 1 aliphatic heterocycles. The average molecular weight is 265 g/mol. The fourth-order valence-corrected chi connectivity index (χ4v) is 2.89. The van der Waals surface area contributed by atoms with E-state index in [1.807, 2.05) is 0 Å². The Morgan fingerprint density at radius 2 is 2.17 bits per heavy atom. The summed E-state index contributed by atoms with van der Waals surface area (Å²) in [6.07, 6.45) is 4.46. The van der Waals surface area contributed by atoms with Gasteiger partial charge in [0.05, 0.1) is 6.61 Å². The van der Waals surface area contributed by atoms with E-state index in [0.717, 1.165) is 19.8 Å². The van der Waals surface area contributed by atoms with Gasteiger partial charge >= 0.3 is 0 Å². The van der Waals surface area contributed by atoms with Crippen LogP contribution in [0.2, 0.25) is 0 Å². The molecule has 1 aromatic carbocycles. The molecule has 0 spiro atoms. The van der Waals surface area contributed by atoms with Crippen LogP contribution in [-0.2, 0) is 4.74 Å². The van der Waals surface area contributed by atoms with Gasteiger partial charge in [-0.25, -0.2) is 0 Å². The number of thioether (sulfide) groups is 1. The molecule has 0 radical (unpaired) electrons. The Morgan fingerprint density at radius 3 is 2.72 bits per heavy atom. The minimum absolute atomic E-state index is 0.448. The molecule has 1 fully saturated rings. The topological polar surface area (TPSA) is 21.3 Å². The van der Waals surface area contributed by atoms with Crippen LogP contribution < -0.4 is 5.32 Å². The van der Waals surface area contributed by atoms with Gasteiger partial charge in [-0.15, -0.1) is 11.8 Å². The number of nitrogens with one attached hydrogen (secondary N) is 1. The molecule has 2 unspecified atom stereocenters. The zero-order valence-corrected chi connectivity index (χ0v) is 12.1. The van der Waals surface area contributed by atoms with Gasteiger partial charge in [-0.2, -0.15) is 0 Å². The van der Waals surface area contributed by atoms with Crippen molar-refractivity contribution in [3.63, 3.8) is 0 Å². The molecule has 1 N–H and O–H groups in total. The van der Waals surface area contributed by atoms with E-state index in [-0.39, 0.29) is 0 Å². The number of hydrogen-bond donors (Lipinski definition) is 1. The van der Waals surface area contributed by atoms with Crippen molar-refractivity contribution in [2.45, 2.75) is 30.7 Å². The molecule has 100 valence electrons. The zero-order valence-electron chi connectivity index (χ0n) is 11.3. The quantitative estimate of drug-likeness (QED) is 0.796. The van der Waals surface area contributed by atoms with E-state index < -0.39 is 0 Å². The third-order valence-corrected chi connectivity index (χ3v) is 4.27. The van der Waals surface area contributed by atoms with Crippen molar-refractivity contribution >= 4 is 11.8 Å². The Bertz CT molecular complexity index is 346. The van der Waals surface area contributed by atoms with Gasteiger partial charge in [0.25, 0.3) is 0 Å². The molecule has 0 amide bonds. The van der Waals surface area contributed by atoms with E-state index in [1.54, 1.807) is 11.8 Å². The first-order chi connectivity index (χ1) is 8.85. The second-order valence-corrected chi connectivity index (χ2v) is 5.71. The van der Waals surface area contributed by atoms with Crippen LogP contribution in [-0.4, -0.2) is 26.0 Å². The smallest absolute Gasteiger partial charge is 0.0513 e. The second-order valence-electron chi connectivity index (χ2n) is 4.83. The maximum Gasteiger partial charge on any atom is 0.0513 e. The van der Waals surface area contributed by atoms with Gasteiger partial charge in [0.2, 0.25) is 0 Å². The molecule has 3 heteroatoms. The van der Waals surface area contributed by atoms with Crippen molar-refractivity contribution in [1.29, 1.82) is 0 Å². The fraction of sp³-hybridized carbons (Fsp3) is 0.600. The first kappa shape index (κ1) is 13.9. The number of benzene rings is 1. The summed E-state index contributed by atoms with van der Waals surface area (Å²) in [5.74, 6) is 0.622. The minimum atomic E-state index is 0.448. The molecule has 18 heavy (non-hydrogen) atoms. The third-order valence-electron chi connectivity index (χ3n) is 3.53. The van der Waals surface area contributed by atoms with E-state index in [9.17, 15) is 0 Å². The van der Waals surface area contributed by atoms with E-state index in [0.29, 0.717) is 12.0 Å². The van der Waals surface area contributed by atoms with Crippen molar-refractivity contribution in [3.8, 4) is 0 Å². The largest absolute Gasteiger partial charge is 0.381 e. The summed E-state index contributed by atoms with van der Waals surface area (Å²) < 4.78 is 5.54. The Morgan fingerprint density at radius 1 is 1.39 bits per heavy atom. The van der Waals surface area contributed by atoms with Gasteiger partial charge in [0.15, 0.2) is 0 Å². The van der Waals surface area contributed by atoms with Crippen LogP contribution in [0.15, 0.2) is 29.2 Å². The fourth-order valence-electron chi connectivity index (χ4n) is 2.48. The SMILES string of the molecule is CCCNC(c1ccc(SC)cc1)C1CCOC1. The summed E-state index contributed by atoms with van der Waals surface area (Å²) in [6, 6.07) is 9.41. The molecule has 1 aromatic rings. The zero-order chi connectivity index (χ0) is 12.8. The first-order valence-corrected chi connectivity index (χ1v) is 8.02. The highest BCUT2D eigenvalue weighted by atomic mass is 32.2. The van der Waals surface area contributed by atoms with Gasteiger partial charge in [-0.1, -0.05) is 19.1 Å². The average Bonchev–Trinajstić information content (AvgIpc) is 2.94.